The maximum absolute atomic E-state index is 13.4. The van der Waals surface area contributed by atoms with E-state index in [1.54, 1.807) is 42.5 Å². The monoisotopic (exact) mass is 476 g/mol. The van der Waals surface area contributed by atoms with Crippen LogP contribution in [0.25, 0.3) is 6.08 Å². The van der Waals surface area contributed by atoms with E-state index in [2.05, 4.69) is 0 Å². The van der Waals surface area contributed by atoms with Crippen molar-refractivity contribution in [2.24, 2.45) is 0 Å². The minimum absolute atomic E-state index is 0.0913. The molecule has 2 atom stereocenters. The number of aliphatic hydroxyl groups is 1. The van der Waals surface area contributed by atoms with E-state index in [0.717, 1.165) is 0 Å². The van der Waals surface area contributed by atoms with Crippen LogP contribution in [0.15, 0.2) is 52.8 Å². The number of hydrogen-bond acceptors (Lipinski definition) is 5. The number of benzene rings is 2. The van der Waals surface area contributed by atoms with Crippen molar-refractivity contribution in [1.82, 2.24) is 0 Å². The summed E-state index contributed by atoms with van der Waals surface area (Å²) in [5.41, 5.74) is -2.18. The quantitative estimate of drug-likeness (QED) is 0.667. The Hall–Kier alpha value is -2.31. The molecule has 1 spiro atoms. The summed E-state index contributed by atoms with van der Waals surface area (Å²) in [5.74, 6) is -0.211. The fraction of sp³-hybridized carbons (Fsp3) is 0.217. The topological polar surface area (TPSA) is 72.8 Å². The third-order valence-electron chi connectivity index (χ3n) is 5.86. The van der Waals surface area contributed by atoms with Gasteiger partial charge in [0, 0.05) is 39.6 Å². The van der Waals surface area contributed by atoms with E-state index in [0.29, 0.717) is 38.2 Å². The number of rotatable bonds is 2. The molecular formula is C23H15Cl3O5. The molecule has 3 aliphatic rings. The Kier molecular flexibility index (Phi) is 4.54. The molecule has 158 valence electrons. The number of carbonyl (C=O) groups excluding carboxylic acids is 2. The van der Waals surface area contributed by atoms with Crippen LogP contribution >= 0.6 is 34.8 Å². The van der Waals surface area contributed by atoms with Gasteiger partial charge in [0.1, 0.15) is 22.3 Å². The molecule has 2 aromatic carbocycles. The van der Waals surface area contributed by atoms with Crippen LogP contribution in [0.4, 0.5) is 0 Å². The van der Waals surface area contributed by atoms with Gasteiger partial charge in [0.05, 0.1) is 0 Å². The lowest BCUT2D eigenvalue weighted by Gasteiger charge is -2.48. The Balaban J connectivity index is 1.80. The second kappa shape index (κ2) is 6.84. The summed E-state index contributed by atoms with van der Waals surface area (Å²) in [7, 11) is 0. The van der Waals surface area contributed by atoms with Crippen LogP contribution < -0.4 is 9.47 Å². The third kappa shape index (κ3) is 2.88. The molecule has 0 aromatic heterocycles. The van der Waals surface area contributed by atoms with Crippen molar-refractivity contribution in [3.8, 4) is 11.5 Å². The Morgan fingerprint density at radius 3 is 2.48 bits per heavy atom. The normalized spacial score (nSPS) is 26.0. The van der Waals surface area contributed by atoms with Gasteiger partial charge in [0.25, 0.3) is 0 Å². The highest BCUT2D eigenvalue weighted by molar-refractivity contribution is 6.45. The predicted octanol–water partition coefficient (Wildman–Crippen LogP) is 4.89. The average molecular weight is 478 g/mol. The fourth-order valence-electron chi connectivity index (χ4n) is 4.51. The number of halogens is 3. The number of ether oxygens (including phenoxy) is 2. The first-order valence-corrected chi connectivity index (χ1v) is 10.6. The summed E-state index contributed by atoms with van der Waals surface area (Å²) in [6.07, 6.45) is 1.35. The van der Waals surface area contributed by atoms with E-state index < -0.39 is 23.4 Å². The molecule has 2 aliphatic heterocycles. The minimum atomic E-state index is -2.24. The summed E-state index contributed by atoms with van der Waals surface area (Å²) >= 11 is 18.7. The Labute approximate surface area is 192 Å². The fourth-order valence-corrected chi connectivity index (χ4v) is 5.18. The van der Waals surface area contributed by atoms with E-state index >= 15 is 0 Å². The van der Waals surface area contributed by atoms with E-state index in [1.165, 1.54) is 6.92 Å². The zero-order chi connectivity index (χ0) is 22.1. The van der Waals surface area contributed by atoms with Gasteiger partial charge in [-0.05, 0) is 49.4 Å². The van der Waals surface area contributed by atoms with Crippen molar-refractivity contribution in [1.29, 1.82) is 0 Å². The number of fused-ring (bicyclic) bond motifs is 4. The standard InChI is InChI=1S/C23H15Cl3O5/c1-11(27)9-22(29)21(28)19(26)20-16(8-12-6-14(24)2-4-17(12)30-20)23(22)10-13-7-15(25)3-5-18(13)31-23/h2-8,29H,9-10H2,1H3/t22-,23-/m0/s1. The number of Topliss-reactive ketones (excluding diaryl/α,β-unsaturated/α-hetero) is 2. The molecule has 5 rings (SSSR count). The maximum atomic E-state index is 13.4. The summed E-state index contributed by atoms with van der Waals surface area (Å²) in [5, 5.41) is 12.4. The zero-order valence-corrected chi connectivity index (χ0v) is 18.4. The van der Waals surface area contributed by atoms with Crippen LogP contribution in [0.3, 0.4) is 0 Å². The second-order valence-electron chi connectivity index (χ2n) is 7.91. The number of hydrogen-bond donors (Lipinski definition) is 1. The van der Waals surface area contributed by atoms with Crippen molar-refractivity contribution >= 4 is 52.4 Å². The molecule has 1 aliphatic carbocycles. The van der Waals surface area contributed by atoms with Gasteiger partial charge in [-0.15, -0.1) is 0 Å². The largest absolute Gasteiger partial charge is 0.478 e. The van der Waals surface area contributed by atoms with Crippen molar-refractivity contribution < 1.29 is 24.2 Å². The van der Waals surface area contributed by atoms with Gasteiger partial charge >= 0.3 is 0 Å². The van der Waals surface area contributed by atoms with Crippen molar-refractivity contribution in [2.45, 2.75) is 31.0 Å². The molecule has 31 heavy (non-hydrogen) atoms. The van der Waals surface area contributed by atoms with Crippen LogP contribution in [0.2, 0.25) is 10.0 Å². The van der Waals surface area contributed by atoms with E-state index in [1.807, 2.05) is 0 Å². The first-order chi connectivity index (χ1) is 14.6. The second-order valence-corrected chi connectivity index (χ2v) is 9.16. The van der Waals surface area contributed by atoms with Gasteiger partial charge in [-0.3, -0.25) is 9.59 Å². The van der Waals surface area contributed by atoms with Gasteiger partial charge in [-0.1, -0.05) is 34.8 Å². The van der Waals surface area contributed by atoms with Gasteiger partial charge in [0.15, 0.2) is 17.0 Å². The molecule has 0 fully saturated rings. The molecule has 0 radical (unpaired) electrons. The smallest absolute Gasteiger partial charge is 0.214 e. The van der Waals surface area contributed by atoms with E-state index in [-0.39, 0.29) is 23.0 Å². The molecule has 8 heteroatoms. The van der Waals surface area contributed by atoms with Gasteiger partial charge in [0.2, 0.25) is 5.78 Å². The minimum Gasteiger partial charge on any atom is -0.478 e. The lowest BCUT2D eigenvalue weighted by Crippen LogP contribution is -2.66. The molecule has 1 N–H and O–H groups in total. The Bertz CT molecular complexity index is 1250. The van der Waals surface area contributed by atoms with Gasteiger partial charge in [-0.2, -0.15) is 0 Å². The summed E-state index contributed by atoms with van der Waals surface area (Å²) in [4.78, 5) is 25.5. The predicted molar refractivity (Wildman–Crippen MR) is 117 cm³/mol. The van der Waals surface area contributed by atoms with Crippen molar-refractivity contribution in [2.75, 3.05) is 0 Å². The van der Waals surface area contributed by atoms with E-state index in [4.69, 9.17) is 44.3 Å². The highest BCUT2D eigenvalue weighted by Crippen LogP contribution is 2.56. The van der Waals surface area contributed by atoms with Crippen molar-refractivity contribution in [3.63, 3.8) is 0 Å². The number of carbonyl (C=O) groups is 2. The van der Waals surface area contributed by atoms with Crippen LogP contribution in [0.5, 0.6) is 11.5 Å². The third-order valence-corrected chi connectivity index (χ3v) is 6.67. The molecule has 0 bridgehead atoms. The molecular weight excluding hydrogens is 463 g/mol. The first-order valence-electron chi connectivity index (χ1n) is 9.48. The molecule has 0 saturated carbocycles. The molecule has 2 heterocycles. The number of ketones is 2. The SMILES string of the molecule is CC(=O)C[C@]1(O)C(=O)C(Cl)=C2Oc3ccc(Cl)cc3C=C2[C@@]12Cc1cc(Cl)ccc1O2. The molecule has 0 unspecified atom stereocenters. The zero-order valence-electron chi connectivity index (χ0n) is 16.2. The highest BCUT2D eigenvalue weighted by atomic mass is 35.5. The van der Waals surface area contributed by atoms with Crippen LogP contribution in [0.1, 0.15) is 24.5 Å². The Morgan fingerprint density at radius 2 is 1.77 bits per heavy atom. The first kappa shape index (κ1) is 20.6. The summed E-state index contributed by atoms with van der Waals surface area (Å²) in [6, 6.07) is 10.0. The lowest BCUT2D eigenvalue weighted by atomic mass is 9.65. The molecule has 2 aromatic rings. The van der Waals surface area contributed by atoms with Crippen LogP contribution in [0, 0.1) is 0 Å². The average Bonchev–Trinajstić information content (AvgIpc) is 3.10. The maximum Gasteiger partial charge on any atom is 0.214 e. The highest BCUT2D eigenvalue weighted by Gasteiger charge is 2.67. The lowest BCUT2D eigenvalue weighted by molar-refractivity contribution is -0.160. The van der Waals surface area contributed by atoms with Crippen molar-refractivity contribution in [3.05, 3.63) is 73.9 Å². The summed E-state index contributed by atoms with van der Waals surface area (Å²) in [6.45, 7) is 1.30. The van der Waals surface area contributed by atoms with Crippen LogP contribution in [-0.4, -0.2) is 27.9 Å². The molecule has 0 saturated heterocycles. The Morgan fingerprint density at radius 1 is 1.10 bits per heavy atom. The van der Waals surface area contributed by atoms with E-state index in [9.17, 15) is 14.7 Å². The summed E-state index contributed by atoms with van der Waals surface area (Å²) < 4.78 is 12.3. The van der Waals surface area contributed by atoms with Gasteiger partial charge < -0.3 is 14.6 Å². The van der Waals surface area contributed by atoms with Crippen LogP contribution in [-0.2, 0) is 16.0 Å². The molecule has 0 amide bonds. The molecule has 5 nitrogen and oxygen atoms in total. The van der Waals surface area contributed by atoms with Gasteiger partial charge in [-0.25, -0.2) is 0 Å².